The van der Waals surface area contributed by atoms with Crippen LogP contribution in [0.2, 0.25) is 0 Å². The Hall–Kier alpha value is -3.65. The molecule has 180 valence electrons. The Balaban J connectivity index is 1.36. The topological polar surface area (TPSA) is 87.7 Å². The summed E-state index contributed by atoms with van der Waals surface area (Å²) in [5.41, 5.74) is 3.63. The van der Waals surface area contributed by atoms with Crippen molar-refractivity contribution < 1.29 is 19.1 Å². The number of amides is 3. The molecule has 1 aliphatic heterocycles. The molecular formula is C27H26BrN3O4. The highest BCUT2D eigenvalue weighted by molar-refractivity contribution is 9.10. The van der Waals surface area contributed by atoms with Crippen molar-refractivity contribution in [2.24, 2.45) is 0 Å². The van der Waals surface area contributed by atoms with Crippen molar-refractivity contribution in [3.05, 3.63) is 93.5 Å². The van der Waals surface area contributed by atoms with Crippen molar-refractivity contribution in [1.82, 2.24) is 4.90 Å². The molecule has 1 aliphatic rings. The molecule has 4 rings (SSSR count). The summed E-state index contributed by atoms with van der Waals surface area (Å²) in [4.78, 5) is 39.2. The Morgan fingerprint density at radius 2 is 1.29 bits per heavy atom. The third kappa shape index (κ3) is 6.27. The van der Waals surface area contributed by atoms with Gasteiger partial charge in [0.1, 0.15) is 5.60 Å². The van der Waals surface area contributed by atoms with Crippen LogP contribution in [0.25, 0.3) is 0 Å². The molecule has 3 aromatic rings. The number of nitrogens with zero attached hydrogens (tertiary/aromatic N) is 1. The Bertz CT molecular complexity index is 1270. The SMILES string of the molecule is CC(C)(C)OC(=O)N1Cc2ccc(NC(=O)c3ccc(C(=O)Nc4ccc(Br)cc4)cc3)cc2C1. The van der Waals surface area contributed by atoms with Gasteiger partial charge in [0.25, 0.3) is 11.8 Å². The van der Waals surface area contributed by atoms with Crippen molar-refractivity contribution in [3.8, 4) is 0 Å². The number of hydrogen-bond acceptors (Lipinski definition) is 4. The molecule has 0 aliphatic carbocycles. The van der Waals surface area contributed by atoms with E-state index in [4.69, 9.17) is 4.74 Å². The second kappa shape index (κ2) is 9.92. The van der Waals surface area contributed by atoms with Crippen molar-refractivity contribution in [2.75, 3.05) is 10.6 Å². The van der Waals surface area contributed by atoms with Crippen LogP contribution in [0, 0.1) is 0 Å². The van der Waals surface area contributed by atoms with Crippen LogP contribution >= 0.6 is 15.9 Å². The molecule has 0 saturated heterocycles. The molecule has 1 heterocycles. The summed E-state index contributed by atoms with van der Waals surface area (Å²) < 4.78 is 6.38. The van der Waals surface area contributed by atoms with Gasteiger partial charge in [0.05, 0.1) is 0 Å². The molecule has 7 nitrogen and oxygen atoms in total. The zero-order chi connectivity index (χ0) is 25.2. The maximum atomic E-state index is 12.7. The molecular weight excluding hydrogens is 510 g/mol. The second-order valence-electron chi connectivity index (χ2n) is 9.31. The minimum Gasteiger partial charge on any atom is -0.444 e. The van der Waals surface area contributed by atoms with Crippen LogP contribution in [0.5, 0.6) is 0 Å². The Kier molecular flexibility index (Phi) is 6.93. The lowest BCUT2D eigenvalue weighted by Gasteiger charge is -2.24. The maximum absolute atomic E-state index is 12.7. The van der Waals surface area contributed by atoms with E-state index in [-0.39, 0.29) is 17.9 Å². The Morgan fingerprint density at radius 1 is 0.771 bits per heavy atom. The molecule has 0 unspecified atom stereocenters. The quantitative estimate of drug-likeness (QED) is 0.416. The highest BCUT2D eigenvalue weighted by atomic mass is 79.9. The highest BCUT2D eigenvalue weighted by Gasteiger charge is 2.28. The normalized spacial score (nSPS) is 12.6. The van der Waals surface area contributed by atoms with Gasteiger partial charge in [-0.15, -0.1) is 0 Å². The van der Waals surface area contributed by atoms with E-state index in [1.165, 1.54) is 0 Å². The van der Waals surface area contributed by atoms with Crippen LogP contribution in [0.3, 0.4) is 0 Å². The van der Waals surface area contributed by atoms with Gasteiger partial charge in [-0.1, -0.05) is 22.0 Å². The summed E-state index contributed by atoms with van der Waals surface area (Å²) in [5, 5.41) is 5.71. The minimum absolute atomic E-state index is 0.257. The highest BCUT2D eigenvalue weighted by Crippen LogP contribution is 2.27. The largest absolute Gasteiger partial charge is 0.444 e. The van der Waals surface area contributed by atoms with Crippen LogP contribution in [0.4, 0.5) is 16.2 Å². The average molecular weight is 536 g/mol. The number of carbonyl (C=O) groups is 3. The number of benzene rings is 3. The molecule has 8 heteroatoms. The first-order valence-corrected chi connectivity index (χ1v) is 11.9. The van der Waals surface area contributed by atoms with Crippen LogP contribution in [0.1, 0.15) is 52.6 Å². The first-order chi connectivity index (χ1) is 16.6. The van der Waals surface area contributed by atoms with Gasteiger partial charge in [0.15, 0.2) is 0 Å². The van der Waals surface area contributed by atoms with Gasteiger partial charge >= 0.3 is 6.09 Å². The average Bonchev–Trinajstić information content (AvgIpc) is 3.23. The smallest absolute Gasteiger partial charge is 0.410 e. The summed E-state index contributed by atoms with van der Waals surface area (Å²) in [6.07, 6.45) is -0.358. The molecule has 0 spiro atoms. The van der Waals surface area contributed by atoms with Gasteiger partial charge in [0.2, 0.25) is 0 Å². The molecule has 3 aromatic carbocycles. The third-order valence-corrected chi connectivity index (χ3v) is 5.88. The fraction of sp³-hybridized carbons (Fsp3) is 0.222. The number of fused-ring (bicyclic) bond motifs is 1. The number of halogens is 1. The van der Waals surface area contributed by atoms with Crippen LogP contribution in [-0.4, -0.2) is 28.4 Å². The fourth-order valence-electron chi connectivity index (χ4n) is 3.64. The summed E-state index contributed by atoms with van der Waals surface area (Å²) in [6, 6.07) is 19.3. The lowest BCUT2D eigenvalue weighted by Crippen LogP contribution is -2.33. The van der Waals surface area contributed by atoms with E-state index in [1.807, 2.05) is 51.1 Å². The van der Waals surface area contributed by atoms with E-state index >= 15 is 0 Å². The number of hydrogen-bond donors (Lipinski definition) is 2. The fourth-order valence-corrected chi connectivity index (χ4v) is 3.90. The number of anilines is 2. The van der Waals surface area contributed by atoms with E-state index in [0.29, 0.717) is 35.6 Å². The summed E-state index contributed by atoms with van der Waals surface area (Å²) in [6.45, 7) is 6.41. The zero-order valence-electron chi connectivity index (χ0n) is 19.7. The van der Waals surface area contributed by atoms with E-state index < -0.39 is 5.60 Å². The molecule has 35 heavy (non-hydrogen) atoms. The molecule has 0 saturated carbocycles. The molecule has 0 fully saturated rings. The van der Waals surface area contributed by atoms with Gasteiger partial charge in [-0.2, -0.15) is 0 Å². The first kappa shape index (κ1) is 24.5. The van der Waals surface area contributed by atoms with Crippen molar-refractivity contribution in [3.63, 3.8) is 0 Å². The Labute approximate surface area is 212 Å². The van der Waals surface area contributed by atoms with Crippen molar-refractivity contribution >= 4 is 45.2 Å². The van der Waals surface area contributed by atoms with Gasteiger partial charge in [0, 0.05) is 40.1 Å². The summed E-state index contributed by atoms with van der Waals surface area (Å²) >= 11 is 3.36. The van der Waals surface area contributed by atoms with E-state index in [9.17, 15) is 14.4 Å². The van der Waals surface area contributed by atoms with E-state index in [1.54, 1.807) is 41.3 Å². The van der Waals surface area contributed by atoms with Crippen molar-refractivity contribution in [2.45, 2.75) is 39.5 Å². The summed E-state index contributed by atoms with van der Waals surface area (Å²) in [5.74, 6) is -0.542. The van der Waals surface area contributed by atoms with Crippen molar-refractivity contribution in [1.29, 1.82) is 0 Å². The van der Waals surface area contributed by atoms with E-state index in [0.717, 1.165) is 15.6 Å². The molecule has 0 bridgehead atoms. The van der Waals surface area contributed by atoms with E-state index in [2.05, 4.69) is 26.6 Å². The van der Waals surface area contributed by atoms with Crippen LogP contribution < -0.4 is 10.6 Å². The lowest BCUT2D eigenvalue weighted by atomic mass is 10.1. The first-order valence-electron chi connectivity index (χ1n) is 11.2. The van der Waals surface area contributed by atoms with Gasteiger partial charge < -0.3 is 15.4 Å². The van der Waals surface area contributed by atoms with Gasteiger partial charge in [-0.05, 0) is 92.6 Å². The molecule has 2 N–H and O–H groups in total. The second-order valence-corrected chi connectivity index (χ2v) is 10.2. The molecule has 3 amide bonds. The number of rotatable bonds is 4. The number of carbonyl (C=O) groups excluding carboxylic acids is 3. The van der Waals surface area contributed by atoms with Crippen LogP contribution in [-0.2, 0) is 17.8 Å². The zero-order valence-corrected chi connectivity index (χ0v) is 21.3. The maximum Gasteiger partial charge on any atom is 0.410 e. The van der Waals surface area contributed by atoms with Gasteiger partial charge in [-0.25, -0.2) is 4.79 Å². The van der Waals surface area contributed by atoms with Crippen LogP contribution in [0.15, 0.2) is 71.2 Å². The predicted octanol–water partition coefficient (Wildman–Crippen LogP) is 6.20. The number of nitrogens with one attached hydrogen (secondary N) is 2. The van der Waals surface area contributed by atoms with Gasteiger partial charge in [-0.3, -0.25) is 14.5 Å². The number of ether oxygens (including phenoxy) is 1. The molecule has 0 atom stereocenters. The summed E-state index contributed by atoms with van der Waals surface area (Å²) in [7, 11) is 0. The third-order valence-electron chi connectivity index (χ3n) is 5.35. The predicted molar refractivity (Wildman–Crippen MR) is 138 cm³/mol. The Morgan fingerprint density at radius 3 is 1.86 bits per heavy atom. The monoisotopic (exact) mass is 535 g/mol. The lowest BCUT2D eigenvalue weighted by molar-refractivity contribution is 0.0241. The molecule has 0 radical (unpaired) electrons. The molecule has 0 aromatic heterocycles. The standard InChI is InChI=1S/C27H26BrN3O4/c1-27(2,3)35-26(34)31-15-19-8-11-23(14-20(19)16-31)30-25(33)18-6-4-17(5-7-18)24(32)29-22-12-9-21(28)10-13-22/h4-14H,15-16H2,1-3H3,(H,29,32)(H,30,33). The minimum atomic E-state index is -0.555.